The first-order valence-electron chi connectivity index (χ1n) is 12.2. The number of ether oxygens (including phenoxy) is 2. The summed E-state index contributed by atoms with van der Waals surface area (Å²) < 4.78 is 15.1. The Kier molecular flexibility index (Phi) is 5.55. The zero-order chi connectivity index (χ0) is 23.1. The fraction of sp³-hybridized carbons (Fsp3) is 0.423. The smallest absolute Gasteiger partial charge is 0.334 e. The average Bonchev–Trinajstić information content (AvgIpc) is 3.47. The number of hydrogen-bond donors (Lipinski definition) is 1. The molecule has 1 aliphatic heterocycles. The maximum atomic E-state index is 13.7. The van der Waals surface area contributed by atoms with Crippen LogP contribution < -0.4 is 5.69 Å². The molecule has 1 saturated heterocycles. The number of fused-ring (bicyclic) bond motifs is 2. The van der Waals surface area contributed by atoms with E-state index in [2.05, 4.69) is 35.1 Å². The Labute approximate surface area is 197 Å². The van der Waals surface area contributed by atoms with Crippen molar-refractivity contribution in [1.29, 1.82) is 0 Å². The quantitative estimate of drug-likeness (QED) is 0.485. The topological polar surface area (TPSA) is 87.0 Å². The molecule has 5 heterocycles. The Hall–Kier alpha value is -3.23. The molecule has 0 spiro atoms. The first-order valence-corrected chi connectivity index (χ1v) is 12.2. The molecule has 0 radical (unpaired) electrons. The van der Waals surface area contributed by atoms with Gasteiger partial charge < -0.3 is 14.5 Å². The summed E-state index contributed by atoms with van der Waals surface area (Å²) in [5.74, 6) is 0. The number of aromatic nitrogens is 5. The van der Waals surface area contributed by atoms with Gasteiger partial charge in [-0.25, -0.2) is 19.3 Å². The van der Waals surface area contributed by atoms with Crippen molar-refractivity contribution in [2.75, 3.05) is 19.8 Å². The summed E-state index contributed by atoms with van der Waals surface area (Å²) in [6.07, 6.45) is 12.7. The second-order valence-electron chi connectivity index (χ2n) is 9.05. The van der Waals surface area contributed by atoms with Crippen molar-refractivity contribution < 1.29 is 9.47 Å². The number of hydrogen-bond acceptors (Lipinski definition) is 5. The summed E-state index contributed by atoms with van der Waals surface area (Å²) in [4.78, 5) is 26.4. The van der Waals surface area contributed by atoms with E-state index in [0.717, 1.165) is 65.5 Å². The number of pyridine rings is 2. The molecule has 0 amide bonds. The van der Waals surface area contributed by atoms with E-state index in [1.807, 2.05) is 23.2 Å². The van der Waals surface area contributed by atoms with Crippen LogP contribution >= 0.6 is 0 Å². The second-order valence-corrected chi connectivity index (χ2v) is 9.05. The van der Waals surface area contributed by atoms with E-state index in [1.54, 1.807) is 4.57 Å². The zero-order valence-corrected chi connectivity index (χ0v) is 19.4. The molecule has 0 bridgehead atoms. The predicted molar refractivity (Wildman–Crippen MR) is 132 cm³/mol. The average molecular weight is 460 g/mol. The maximum absolute atomic E-state index is 13.7. The molecule has 8 heteroatoms. The molecular formula is C26H29N5O3. The highest BCUT2D eigenvalue weighted by molar-refractivity contribution is 5.89. The van der Waals surface area contributed by atoms with E-state index in [-0.39, 0.29) is 11.8 Å². The van der Waals surface area contributed by atoms with Crippen LogP contribution in [0.4, 0.5) is 0 Å². The first kappa shape index (κ1) is 21.3. The van der Waals surface area contributed by atoms with E-state index in [1.165, 1.54) is 5.56 Å². The van der Waals surface area contributed by atoms with E-state index >= 15 is 0 Å². The van der Waals surface area contributed by atoms with E-state index in [9.17, 15) is 4.79 Å². The fourth-order valence-electron chi connectivity index (χ4n) is 5.28. The summed E-state index contributed by atoms with van der Waals surface area (Å²) >= 11 is 0. The van der Waals surface area contributed by atoms with Crippen LogP contribution in [0.2, 0.25) is 0 Å². The van der Waals surface area contributed by atoms with Gasteiger partial charge in [0, 0.05) is 40.8 Å². The van der Waals surface area contributed by atoms with Crippen molar-refractivity contribution in [3.63, 3.8) is 0 Å². The minimum absolute atomic E-state index is 0.0584. The molecule has 1 aliphatic carbocycles. The molecular weight excluding hydrogens is 430 g/mol. The van der Waals surface area contributed by atoms with Gasteiger partial charge in [0.25, 0.3) is 0 Å². The molecule has 2 aliphatic rings. The van der Waals surface area contributed by atoms with Crippen LogP contribution in [0.25, 0.3) is 39.0 Å². The Morgan fingerprint density at radius 1 is 1.21 bits per heavy atom. The van der Waals surface area contributed by atoms with Crippen LogP contribution in [-0.2, 0) is 22.4 Å². The van der Waals surface area contributed by atoms with Crippen molar-refractivity contribution in [1.82, 2.24) is 24.1 Å². The number of aryl methyl sites for hydroxylation is 1. The molecule has 0 saturated carbocycles. The molecule has 176 valence electrons. The lowest BCUT2D eigenvalue weighted by atomic mass is 9.99. The van der Waals surface area contributed by atoms with Gasteiger partial charge in [-0.15, -0.1) is 0 Å². The summed E-state index contributed by atoms with van der Waals surface area (Å²) in [6.45, 7) is 4.23. The minimum atomic E-state index is -0.154. The SMILES string of the molecule is CCc1c(-c2cnc3c(c2)n(C[C@H]2COCCO2)c(=O)n3C2=CCCCC2)cnc2[nH]ccc12. The van der Waals surface area contributed by atoms with Crippen LogP contribution in [0.1, 0.15) is 38.2 Å². The Morgan fingerprint density at radius 3 is 2.94 bits per heavy atom. The van der Waals surface area contributed by atoms with Crippen molar-refractivity contribution in [3.05, 3.63) is 52.8 Å². The van der Waals surface area contributed by atoms with Crippen molar-refractivity contribution >= 4 is 27.9 Å². The molecule has 34 heavy (non-hydrogen) atoms. The lowest BCUT2D eigenvalue weighted by Gasteiger charge is -2.23. The molecule has 0 unspecified atom stereocenters. The van der Waals surface area contributed by atoms with Crippen LogP contribution in [0.5, 0.6) is 0 Å². The number of imidazole rings is 1. The number of nitrogens with zero attached hydrogens (tertiary/aromatic N) is 4. The lowest BCUT2D eigenvalue weighted by Crippen LogP contribution is -2.36. The van der Waals surface area contributed by atoms with E-state index < -0.39 is 0 Å². The third-order valence-corrected chi connectivity index (χ3v) is 6.96. The van der Waals surface area contributed by atoms with Gasteiger partial charge in [-0.05, 0) is 49.8 Å². The highest BCUT2D eigenvalue weighted by Gasteiger charge is 2.23. The van der Waals surface area contributed by atoms with Crippen LogP contribution in [-0.4, -0.2) is 50.0 Å². The standard InChI is InChI=1S/C26H29N5O3/c1-2-20-21-8-9-27-24(21)28-14-22(20)17-12-23-25(29-13-17)31(18-6-4-3-5-7-18)26(32)30(23)15-19-16-33-10-11-34-19/h6,8-9,12-14,19H,2-5,7,10-11,15-16H2,1H3,(H,27,28)/t19-/m0/s1. The number of rotatable bonds is 5. The third-order valence-electron chi connectivity index (χ3n) is 6.96. The molecule has 1 atom stereocenters. The predicted octanol–water partition coefficient (Wildman–Crippen LogP) is 4.13. The highest BCUT2D eigenvalue weighted by atomic mass is 16.6. The lowest BCUT2D eigenvalue weighted by molar-refractivity contribution is -0.0935. The summed E-state index contributed by atoms with van der Waals surface area (Å²) in [7, 11) is 0. The van der Waals surface area contributed by atoms with Crippen LogP contribution in [0.15, 0.2) is 41.6 Å². The maximum Gasteiger partial charge on any atom is 0.334 e. The fourth-order valence-corrected chi connectivity index (χ4v) is 5.28. The molecule has 6 rings (SSSR count). The van der Waals surface area contributed by atoms with E-state index in [4.69, 9.17) is 14.5 Å². The highest BCUT2D eigenvalue weighted by Crippen LogP contribution is 2.31. The summed E-state index contributed by atoms with van der Waals surface area (Å²) in [5, 5.41) is 1.12. The molecule has 0 aromatic carbocycles. The first-order chi connectivity index (χ1) is 16.7. The van der Waals surface area contributed by atoms with Gasteiger partial charge in [0.1, 0.15) is 5.65 Å². The van der Waals surface area contributed by atoms with Crippen molar-refractivity contribution in [3.8, 4) is 11.1 Å². The number of aromatic amines is 1. The Morgan fingerprint density at radius 2 is 2.15 bits per heavy atom. The second kappa shape index (κ2) is 8.85. The molecule has 4 aromatic rings. The third kappa shape index (κ3) is 3.58. The monoisotopic (exact) mass is 459 g/mol. The number of H-pyrrole nitrogens is 1. The van der Waals surface area contributed by atoms with Gasteiger partial charge >= 0.3 is 5.69 Å². The Balaban J connectivity index is 1.53. The van der Waals surface area contributed by atoms with Crippen molar-refractivity contribution in [2.45, 2.75) is 51.7 Å². The van der Waals surface area contributed by atoms with Crippen LogP contribution in [0, 0.1) is 0 Å². The number of allylic oxidation sites excluding steroid dienone is 2. The normalized spacial score (nSPS) is 19.1. The van der Waals surface area contributed by atoms with Crippen molar-refractivity contribution in [2.24, 2.45) is 0 Å². The zero-order valence-electron chi connectivity index (χ0n) is 19.4. The Bertz CT molecular complexity index is 1440. The van der Waals surface area contributed by atoms with Gasteiger partial charge in [-0.2, -0.15) is 0 Å². The van der Waals surface area contributed by atoms with Gasteiger partial charge in [0.2, 0.25) is 0 Å². The van der Waals surface area contributed by atoms with Gasteiger partial charge in [0.05, 0.1) is 38.0 Å². The number of nitrogens with one attached hydrogen (secondary N) is 1. The largest absolute Gasteiger partial charge is 0.376 e. The molecule has 8 nitrogen and oxygen atoms in total. The molecule has 1 fully saturated rings. The summed E-state index contributed by atoms with van der Waals surface area (Å²) in [6, 6.07) is 4.15. The van der Waals surface area contributed by atoms with Gasteiger partial charge in [-0.1, -0.05) is 13.0 Å². The minimum Gasteiger partial charge on any atom is -0.376 e. The van der Waals surface area contributed by atoms with Gasteiger partial charge in [-0.3, -0.25) is 4.57 Å². The summed E-state index contributed by atoms with van der Waals surface area (Å²) in [5.41, 5.74) is 6.62. The van der Waals surface area contributed by atoms with Crippen LogP contribution in [0.3, 0.4) is 0 Å². The van der Waals surface area contributed by atoms with Gasteiger partial charge in [0.15, 0.2) is 5.65 Å². The molecule has 4 aromatic heterocycles. The molecule has 1 N–H and O–H groups in total. The van der Waals surface area contributed by atoms with E-state index in [0.29, 0.717) is 32.0 Å².